The molecule has 0 fully saturated rings. The number of carbonyl (C=O) groups excluding carboxylic acids is 1. The zero-order valence-electron chi connectivity index (χ0n) is 11.2. The third-order valence-electron chi connectivity index (χ3n) is 2.31. The highest BCUT2D eigenvalue weighted by Gasteiger charge is 2.23. The van der Waals surface area contributed by atoms with E-state index in [1.54, 1.807) is 26.2 Å². The molecule has 7 heteroatoms. The van der Waals surface area contributed by atoms with Gasteiger partial charge in [0.1, 0.15) is 0 Å². The van der Waals surface area contributed by atoms with Crippen LogP contribution in [0.1, 0.15) is 31.7 Å². The van der Waals surface area contributed by atoms with Crippen molar-refractivity contribution in [2.45, 2.75) is 39.3 Å². The highest BCUT2D eigenvalue weighted by Crippen LogP contribution is 2.07. The monoisotopic (exact) mass is 266 g/mol. The van der Waals surface area contributed by atoms with Crippen LogP contribution in [0.2, 0.25) is 0 Å². The van der Waals surface area contributed by atoms with Crippen molar-refractivity contribution >= 4 is 12.0 Å². The number of nitrogens with zero attached hydrogens (tertiary/aromatic N) is 2. The average molecular weight is 266 g/mol. The van der Waals surface area contributed by atoms with E-state index in [0.29, 0.717) is 5.69 Å². The first kappa shape index (κ1) is 14.9. The molecular formula is C12H18N4O3. The number of rotatable bonds is 5. The van der Waals surface area contributed by atoms with Crippen LogP contribution in [0, 0.1) is 6.92 Å². The van der Waals surface area contributed by atoms with E-state index in [1.165, 1.54) is 0 Å². The van der Waals surface area contributed by atoms with Crippen molar-refractivity contribution in [3.05, 3.63) is 23.8 Å². The van der Waals surface area contributed by atoms with Crippen molar-refractivity contribution in [3.63, 3.8) is 0 Å². The fourth-order valence-corrected chi connectivity index (χ4v) is 1.46. The third-order valence-corrected chi connectivity index (χ3v) is 2.31. The summed E-state index contributed by atoms with van der Waals surface area (Å²) in [5, 5.41) is 13.9. The molecule has 3 N–H and O–H groups in total. The lowest BCUT2D eigenvalue weighted by Crippen LogP contribution is -2.49. The maximum absolute atomic E-state index is 11.6. The predicted octanol–water partition coefficient (Wildman–Crippen LogP) is 0.838. The number of hydrogen-bond acceptors (Lipinski definition) is 4. The van der Waals surface area contributed by atoms with Crippen molar-refractivity contribution < 1.29 is 14.7 Å². The number of hydrogen-bond donors (Lipinski definition) is 3. The fraction of sp³-hybridized carbons (Fsp3) is 0.500. The lowest BCUT2D eigenvalue weighted by Gasteiger charge is -2.24. The van der Waals surface area contributed by atoms with Gasteiger partial charge in [0, 0.05) is 11.7 Å². The Labute approximate surface area is 111 Å². The lowest BCUT2D eigenvalue weighted by atomic mass is 10.0. The van der Waals surface area contributed by atoms with Gasteiger partial charge in [-0.1, -0.05) is 0 Å². The first-order valence-electron chi connectivity index (χ1n) is 5.84. The van der Waals surface area contributed by atoms with Gasteiger partial charge in [-0.2, -0.15) is 0 Å². The quantitative estimate of drug-likeness (QED) is 0.732. The lowest BCUT2D eigenvalue weighted by molar-refractivity contribution is -0.138. The molecule has 1 rings (SSSR count). The molecule has 0 aliphatic rings. The van der Waals surface area contributed by atoms with E-state index in [2.05, 4.69) is 20.6 Å². The summed E-state index contributed by atoms with van der Waals surface area (Å²) in [5.74, 6) is -0.963. The van der Waals surface area contributed by atoms with Crippen molar-refractivity contribution in [2.75, 3.05) is 0 Å². The number of amides is 2. The summed E-state index contributed by atoms with van der Waals surface area (Å²) in [6.45, 7) is 5.35. The molecule has 1 heterocycles. The SMILES string of the molecule is Cc1cnc(CNC(=O)NC(C)(C)CC(=O)O)cn1. The topological polar surface area (TPSA) is 104 Å². The van der Waals surface area contributed by atoms with E-state index in [9.17, 15) is 9.59 Å². The number of nitrogens with one attached hydrogen (secondary N) is 2. The summed E-state index contributed by atoms with van der Waals surface area (Å²) in [6, 6.07) is -0.436. The Kier molecular flexibility index (Phi) is 4.80. The first-order chi connectivity index (χ1) is 8.78. The number of carboxylic acids is 1. The number of aromatic nitrogens is 2. The van der Waals surface area contributed by atoms with Crippen LogP contribution >= 0.6 is 0 Å². The van der Waals surface area contributed by atoms with Crippen LogP contribution < -0.4 is 10.6 Å². The number of carbonyl (C=O) groups is 2. The van der Waals surface area contributed by atoms with Gasteiger partial charge in [0.05, 0.1) is 30.6 Å². The normalized spacial score (nSPS) is 10.9. The van der Waals surface area contributed by atoms with Crippen molar-refractivity contribution in [1.82, 2.24) is 20.6 Å². The van der Waals surface area contributed by atoms with Crippen LogP contribution in [0.4, 0.5) is 4.79 Å². The van der Waals surface area contributed by atoms with E-state index in [0.717, 1.165) is 5.69 Å². The molecule has 0 radical (unpaired) electrons. The molecule has 104 valence electrons. The van der Waals surface area contributed by atoms with Gasteiger partial charge in [-0.25, -0.2) is 4.79 Å². The van der Waals surface area contributed by atoms with Gasteiger partial charge in [0.15, 0.2) is 0 Å². The average Bonchev–Trinajstić information content (AvgIpc) is 2.25. The zero-order chi connectivity index (χ0) is 14.5. The molecule has 1 aromatic heterocycles. The van der Waals surface area contributed by atoms with Crippen molar-refractivity contribution in [1.29, 1.82) is 0 Å². The van der Waals surface area contributed by atoms with E-state index in [-0.39, 0.29) is 13.0 Å². The fourth-order valence-electron chi connectivity index (χ4n) is 1.46. The zero-order valence-corrected chi connectivity index (χ0v) is 11.2. The summed E-state index contributed by atoms with van der Waals surface area (Å²) < 4.78 is 0. The van der Waals surface area contributed by atoms with Gasteiger partial charge in [-0.05, 0) is 20.8 Å². The maximum atomic E-state index is 11.6. The number of carboxylic acid groups (broad SMARTS) is 1. The van der Waals surface area contributed by atoms with Crippen molar-refractivity contribution in [2.24, 2.45) is 0 Å². The van der Waals surface area contributed by atoms with E-state index in [1.807, 2.05) is 6.92 Å². The molecule has 7 nitrogen and oxygen atoms in total. The molecule has 0 saturated carbocycles. The minimum absolute atomic E-state index is 0.148. The second-order valence-corrected chi connectivity index (χ2v) is 4.91. The maximum Gasteiger partial charge on any atom is 0.315 e. The summed E-state index contributed by atoms with van der Waals surface area (Å²) in [6.07, 6.45) is 3.05. The van der Waals surface area contributed by atoms with Crippen LogP contribution in [0.15, 0.2) is 12.4 Å². The molecule has 0 aromatic carbocycles. The minimum Gasteiger partial charge on any atom is -0.481 e. The van der Waals surface area contributed by atoms with E-state index >= 15 is 0 Å². The molecule has 0 aliphatic heterocycles. The Morgan fingerprint density at radius 1 is 1.32 bits per heavy atom. The van der Waals surface area contributed by atoms with Gasteiger partial charge in [0.2, 0.25) is 0 Å². The molecular weight excluding hydrogens is 248 g/mol. The predicted molar refractivity (Wildman–Crippen MR) is 68.5 cm³/mol. The van der Waals surface area contributed by atoms with Crippen molar-refractivity contribution in [3.8, 4) is 0 Å². The smallest absolute Gasteiger partial charge is 0.315 e. The number of aryl methyl sites for hydroxylation is 1. The molecule has 19 heavy (non-hydrogen) atoms. The highest BCUT2D eigenvalue weighted by molar-refractivity contribution is 5.76. The summed E-state index contributed by atoms with van der Waals surface area (Å²) in [5.41, 5.74) is 0.627. The summed E-state index contributed by atoms with van der Waals surface area (Å²) in [4.78, 5) is 30.4. The third kappa shape index (κ3) is 5.80. The molecule has 0 spiro atoms. The van der Waals surface area contributed by atoms with Crippen LogP contribution in [0.5, 0.6) is 0 Å². The Balaban J connectivity index is 2.43. The van der Waals surface area contributed by atoms with E-state index in [4.69, 9.17) is 5.11 Å². The van der Waals surface area contributed by atoms with Crippen LogP contribution in [-0.2, 0) is 11.3 Å². The minimum atomic E-state index is -0.963. The summed E-state index contributed by atoms with van der Waals surface area (Å²) >= 11 is 0. The highest BCUT2D eigenvalue weighted by atomic mass is 16.4. The Hall–Kier alpha value is -2.18. The number of aliphatic carboxylic acids is 1. The Bertz CT molecular complexity index is 457. The van der Waals surface area contributed by atoms with Gasteiger partial charge in [0.25, 0.3) is 0 Å². The summed E-state index contributed by atoms with van der Waals surface area (Å²) in [7, 11) is 0. The standard InChI is InChI=1S/C12H18N4O3/c1-8-5-14-9(6-13-8)7-15-11(19)16-12(2,3)4-10(17)18/h5-6H,4,7H2,1-3H3,(H,17,18)(H2,15,16,19). The Morgan fingerprint density at radius 3 is 2.53 bits per heavy atom. The largest absolute Gasteiger partial charge is 0.481 e. The molecule has 0 atom stereocenters. The molecule has 0 bridgehead atoms. The second kappa shape index (κ2) is 6.12. The molecule has 0 saturated heterocycles. The molecule has 0 unspecified atom stereocenters. The molecule has 2 amide bonds. The van der Waals surface area contributed by atoms with Crippen LogP contribution in [0.25, 0.3) is 0 Å². The van der Waals surface area contributed by atoms with Crippen LogP contribution in [-0.4, -0.2) is 32.6 Å². The Morgan fingerprint density at radius 2 is 2.00 bits per heavy atom. The molecule has 1 aromatic rings. The number of urea groups is 1. The van der Waals surface area contributed by atoms with Gasteiger partial charge in [-0.15, -0.1) is 0 Å². The second-order valence-electron chi connectivity index (χ2n) is 4.91. The van der Waals surface area contributed by atoms with Crippen LogP contribution in [0.3, 0.4) is 0 Å². The first-order valence-corrected chi connectivity index (χ1v) is 5.84. The van der Waals surface area contributed by atoms with Gasteiger partial charge >= 0.3 is 12.0 Å². The van der Waals surface area contributed by atoms with Gasteiger partial charge in [-0.3, -0.25) is 14.8 Å². The van der Waals surface area contributed by atoms with E-state index < -0.39 is 17.5 Å². The van der Waals surface area contributed by atoms with Gasteiger partial charge < -0.3 is 15.7 Å². The molecule has 0 aliphatic carbocycles.